The first-order valence-electron chi connectivity index (χ1n) is 13.4. The molecule has 2 N–H and O–H groups in total. The van der Waals surface area contributed by atoms with Gasteiger partial charge >= 0.3 is 6.09 Å². The molecule has 226 valence electrons. The summed E-state index contributed by atoms with van der Waals surface area (Å²) in [5.74, 6) is -0.541. The maximum absolute atomic E-state index is 13.5. The lowest BCUT2D eigenvalue weighted by Crippen LogP contribution is -2.47. The van der Waals surface area contributed by atoms with Gasteiger partial charge in [-0.2, -0.15) is 0 Å². The lowest BCUT2D eigenvalue weighted by Gasteiger charge is -2.24. The lowest BCUT2D eigenvalue weighted by molar-refractivity contribution is -0.122. The molecule has 0 saturated carbocycles. The van der Waals surface area contributed by atoms with Gasteiger partial charge in [-0.25, -0.2) is 9.78 Å². The van der Waals surface area contributed by atoms with E-state index in [2.05, 4.69) is 30.6 Å². The van der Waals surface area contributed by atoms with Crippen LogP contribution in [0.4, 0.5) is 10.5 Å². The molecule has 0 unspecified atom stereocenters. The Bertz CT molecular complexity index is 1500. The molecule has 13 heteroatoms. The number of ether oxygens (including phenoxy) is 2. The number of hydrogen-bond acceptors (Lipinski definition) is 10. The number of carbonyl (C=O) groups excluding carboxylic acids is 3. The summed E-state index contributed by atoms with van der Waals surface area (Å²) in [6, 6.07) is 6.36. The SMILES string of the molecule is COC(=O)Nc1cnc(C(C)(C)C)n(CC(=O)N[C@H](C(=O)c2nnc(C(C)(C)c3ccc(OC)cc3)o2)C(C)C)c1=O. The van der Waals surface area contributed by atoms with E-state index in [0.29, 0.717) is 11.6 Å². The van der Waals surface area contributed by atoms with Crippen molar-refractivity contribution in [3.63, 3.8) is 0 Å². The molecular formula is C29H38N6O7. The third-order valence-corrected chi connectivity index (χ3v) is 6.69. The van der Waals surface area contributed by atoms with Crippen molar-refractivity contribution in [2.75, 3.05) is 19.5 Å². The minimum atomic E-state index is -1.02. The lowest BCUT2D eigenvalue weighted by atomic mass is 9.84. The zero-order chi connectivity index (χ0) is 31.4. The van der Waals surface area contributed by atoms with Crippen LogP contribution in [0.15, 0.2) is 39.7 Å². The van der Waals surface area contributed by atoms with E-state index < -0.39 is 46.8 Å². The largest absolute Gasteiger partial charge is 0.497 e. The molecule has 2 amide bonds. The van der Waals surface area contributed by atoms with Crippen LogP contribution in [0.3, 0.4) is 0 Å². The van der Waals surface area contributed by atoms with Crippen molar-refractivity contribution in [1.29, 1.82) is 0 Å². The zero-order valence-corrected chi connectivity index (χ0v) is 25.4. The number of benzene rings is 1. The fraction of sp³-hybridized carbons (Fsp3) is 0.483. The number of Topliss-reactive ketones (excluding diaryl/α,β-unsaturated/α-hetero) is 1. The van der Waals surface area contributed by atoms with Gasteiger partial charge in [-0.3, -0.25) is 24.3 Å². The molecule has 0 spiro atoms. The van der Waals surface area contributed by atoms with Gasteiger partial charge in [0.05, 0.1) is 31.9 Å². The van der Waals surface area contributed by atoms with E-state index in [1.165, 1.54) is 6.20 Å². The molecule has 2 heterocycles. The second kappa shape index (κ2) is 12.5. The molecule has 0 radical (unpaired) electrons. The summed E-state index contributed by atoms with van der Waals surface area (Å²) in [4.78, 5) is 55.9. The molecule has 42 heavy (non-hydrogen) atoms. The number of nitrogens with one attached hydrogen (secondary N) is 2. The van der Waals surface area contributed by atoms with E-state index in [1.54, 1.807) is 21.0 Å². The molecule has 3 aromatic rings. The van der Waals surface area contributed by atoms with Crippen LogP contribution < -0.4 is 20.9 Å². The first-order valence-corrected chi connectivity index (χ1v) is 13.4. The highest BCUT2D eigenvalue weighted by atomic mass is 16.5. The Labute approximate surface area is 244 Å². The van der Waals surface area contributed by atoms with E-state index in [9.17, 15) is 19.2 Å². The van der Waals surface area contributed by atoms with Crippen LogP contribution in [0.2, 0.25) is 0 Å². The van der Waals surface area contributed by atoms with Crippen molar-refractivity contribution in [3.8, 4) is 5.75 Å². The Balaban J connectivity index is 1.86. The highest BCUT2D eigenvalue weighted by Gasteiger charge is 2.34. The summed E-state index contributed by atoms with van der Waals surface area (Å²) in [7, 11) is 2.74. The van der Waals surface area contributed by atoms with Gasteiger partial charge in [0.15, 0.2) is 0 Å². The van der Waals surface area contributed by atoms with E-state index in [-0.39, 0.29) is 23.4 Å². The number of hydrogen-bond donors (Lipinski definition) is 2. The monoisotopic (exact) mass is 582 g/mol. The van der Waals surface area contributed by atoms with Gasteiger partial charge in [0.2, 0.25) is 17.6 Å². The molecular weight excluding hydrogens is 544 g/mol. The molecule has 1 aromatic carbocycles. The van der Waals surface area contributed by atoms with E-state index in [4.69, 9.17) is 9.15 Å². The topological polar surface area (TPSA) is 168 Å². The van der Waals surface area contributed by atoms with Crippen molar-refractivity contribution in [1.82, 2.24) is 25.1 Å². The molecule has 1 atom stereocenters. The second-order valence-electron chi connectivity index (χ2n) is 11.7. The first-order chi connectivity index (χ1) is 19.6. The van der Waals surface area contributed by atoms with Gasteiger partial charge in [0, 0.05) is 5.41 Å². The number of anilines is 1. The van der Waals surface area contributed by atoms with Crippen LogP contribution in [0.5, 0.6) is 5.75 Å². The van der Waals surface area contributed by atoms with Crippen molar-refractivity contribution < 1.29 is 28.3 Å². The Morgan fingerprint density at radius 3 is 2.21 bits per heavy atom. The quantitative estimate of drug-likeness (QED) is 0.338. The van der Waals surface area contributed by atoms with Crippen LogP contribution in [0, 0.1) is 5.92 Å². The number of methoxy groups -OCH3 is 2. The molecule has 0 aliphatic rings. The summed E-state index contributed by atoms with van der Waals surface area (Å²) >= 11 is 0. The highest BCUT2D eigenvalue weighted by Crippen LogP contribution is 2.32. The standard InChI is InChI=1S/C29H38N6O7/c1-16(2)21(22(37)23-33-34-26(42-23)29(6,7)17-10-12-18(40-8)13-11-17)32-20(36)15-35-24(38)19(31-27(39)41-9)14-30-25(35)28(3,4)5/h10-14,16,21H,15H2,1-9H3,(H,31,39)(H,32,36)/t21-/m0/s1. The molecule has 0 saturated heterocycles. The fourth-order valence-corrected chi connectivity index (χ4v) is 4.22. The summed E-state index contributed by atoms with van der Waals surface area (Å²) in [5, 5.41) is 13.1. The minimum Gasteiger partial charge on any atom is -0.497 e. The summed E-state index contributed by atoms with van der Waals surface area (Å²) in [6.45, 7) is 12.3. The van der Waals surface area contributed by atoms with Crippen molar-refractivity contribution in [3.05, 3.63) is 64.0 Å². The first kappa shape index (κ1) is 32.0. The normalized spacial score (nSPS) is 12.5. The van der Waals surface area contributed by atoms with Crippen molar-refractivity contribution in [2.45, 2.75) is 71.9 Å². The molecule has 0 bridgehead atoms. The van der Waals surface area contributed by atoms with Gasteiger partial charge in [0.25, 0.3) is 11.4 Å². The highest BCUT2D eigenvalue weighted by molar-refractivity contribution is 5.98. The van der Waals surface area contributed by atoms with E-state index in [0.717, 1.165) is 17.2 Å². The summed E-state index contributed by atoms with van der Waals surface area (Å²) in [5.41, 5.74) is -1.26. The molecule has 2 aromatic heterocycles. The number of carbonyl (C=O) groups is 3. The van der Waals surface area contributed by atoms with Gasteiger partial charge in [0.1, 0.15) is 23.8 Å². The Kier molecular flexibility index (Phi) is 9.54. The van der Waals surface area contributed by atoms with Crippen LogP contribution in [0.25, 0.3) is 0 Å². The maximum Gasteiger partial charge on any atom is 0.411 e. The predicted molar refractivity (Wildman–Crippen MR) is 154 cm³/mol. The number of ketones is 1. The average molecular weight is 583 g/mol. The number of aromatic nitrogens is 4. The Hall–Kier alpha value is -4.55. The van der Waals surface area contributed by atoms with Gasteiger partial charge in [-0.1, -0.05) is 46.8 Å². The number of amides is 2. The van der Waals surface area contributed by atoms with Crippen molar-refractivity contribution >= 4 is 23.5 Å². The fourth-order valence-electron chi connectivity index (χ4n) is 4.22. The number of rotatable bonds is 10. The van der Waals surface area contributed by atoms with Crippen LogP contribution in [0.1, 0.15) is 76.4 Å². The third kappa shape index (κ3) is 7.01. The molecule has 0 aliphatic heterocycles. The zero-order valence-electron chi connectivity index (χ0n) is 25.4. The van der Waals surface area contributed by atoms with Crippen LogP contribution >= 0.6 is 0 Å². The van der Waals surface area contributed by atoms with Gasteiger partial charge < -0.3 is 19.2 Å². The van der Waals surface area contributed by atoms with Gasteiger partial charge in [-0.05, 0) is 37.5 Å². The summed E-state index contributed by atoms with van der Waals surface area (Å²) in [6.07, 6.45) is 0.364. The molecule has 13 nitrogen and oxygen atoms in total. The number of nitrogens with zero attached hydrogens (tertiary/aromatic N) is 4. The van der Waals surface area contributed by atoms with Crippen LogP contribution in [-0.4, -0.2) is 57.8 Å². The van der Waals surface area contributed by atoms with Crippen molar-refractivity contribution in [2.24, 2.45) is 5.92 Å². The molecule has 3 rings (SSSR count). The Morgan fingerprint density at radius 1 is 1.02 bits per heavy atom. The average Bonchev–Trinajstić information content (AvgIpc) is 3.44. The maximum atomic E-state index is 13.5. The molecule has 0 fully saturated rings. The molecule has 0 aliphatic carbocycles. The van der Waals surface area contributed by atoms with Gasteiger partial charge in [-0.15, -0.1) is 10.2 Å². The third-order valence-electron chi connectivity index (χ3n) is 6.69. The predicted octanol–water partition coefficient (Wildman–Crippen LogP) is 3.46. The van der Waals surface area contributed by atoms with E-state index >= 15 is 0 Å². The smallest absolute Gasteiger partial charge is 0.411 e. The van der Waals surface area contributed by atoms with Crippen LogP contribution in [-0.2, 0) is 26.9 Å². The minimum absolute atomic E-state index is 0.156. The second-order valence-corrected chi connectivity index (χ2v) is 11.7. The Morgan fingerprint density at radius 2 is 1.67 bits per heavy atom. The summed E-state index contributed by atoms with van der Waals surface area (Å²) < 4.78 is 16.8. The van der Waals surface area contributed by atoms with E-state index in [1.807, 2.05) is 58.9 Å².